The Bertz CT molecular complexity index is 740. The molecule has 4 aliphatic heterocycles. The number of ketones is 2. The Morgan fingerprint density at radius 2 is 1.91 bits per heavy atom. The fraction of sp³-hybridized carbons (Fsp3) is 0.579. The Labute approximate surface area is 135 Å². The van der Waals surface area contributed by atoms with Gasteiger partial charge in [-0.05, 0) is 31.1 Å². The monoisotopic (exact) mass is 312 g/mol. The highest BCUT2D eigenvalue weighted by molar-refractivity contribution is 6.01. The van der Waals surface area contributed by atoms with Crippen LogP contribution in [0.5, 0.6) is 0 Å². The molecule has 4 heteroatoms. The summed E-state index contributed by atoms with van der Waals surface area (Å²) in [7, 11) is 0. The lowest BCUT2D eigenvalue weighted by atomic mass is 9.65. The Balaban J connectivity index is 1.72. The topological polar surface area (TPSA) is 52.6 Å². The fourth-order valence-electron chi connectivity index (χ4n) is 5.37. The highest BCUT2D eigenvalue weighted by Gasteiger charge is 2.63. The van der Waals surface area contributed by atoms with Gasteiger partial charge in [0.15, 0.2) is 11.6 Å². The molecule has 4 nitrogen and oxygen atoms in total. The van der Waals surface area contributed by atoms with Gasteiger partial charge in [0.1, 0.15) is 11.7 Å². The van der Waals surface area contributed by atoms with Gasteiger partial charge in [0.2, 0.25) is 0 Å². The molecule has 5 aliphatic rings. The molecule has 1 fully saturated rings. The lowest BCUT2D eigenvalue weighted by Crippen LogP contribution is -2.54. The predicted molar refractivity (Wildman–Crippen MR) is 82.6 cm³/mol. The van der Waals surface area contributed by atoms with Gasteiger partial charge in [-0.25, -0.2) is 0 Å². The van der Waals surface area contributed by atoms with Crippen LogP contribution in [0.4, 0.5) is 0 Å². The maximum atomic E-state index is 12.6. The van der Waals surface area contributed by atoms with E-state index in [1.165, 1.54) is 5.57 Å². The molecule has 23 heavy (non-hydrogen) atoms. The average Bonchev–Trinajstić information content (AvgIpc) is 3.02. The first-order valence-corrected chi connectivity index (χ1v) is 8.36. The SMILES string of the molecule is CC1(C)C2=C(CC3C2[C@@H]2O[C@H]3C=CC2=O)[C@@]2(C)O[C@@H]1C=CC2=O. The van der Waals surface area contributed by atoms with Crippen LogP contribution in [0.3, 0.4) is 0 Å². The molecule has 6 atom stereocenters. The normalized spacial score (nSPS) is 48.7. The van der Waals surface area contributed by atoms with Crippen LogP contribution in [-0.4, -0.2) is 35.5 Å². The molecule has 0 N–H and O–H groups in total. The van der Waals surface area contributed by atoms with Gasteiger partial charge in [-0.3, -0.25) is 9.59 Å². The molecule has 0 spiro atoms. The Morgan fingerprint density at radius 3 is 2.70 bits per heavy atom. The second-order valence-corrected chi connectivity index (χ2v) is 8.09. The van der Waals surface area contributed by atoms with E-state index in [4.69, 9.17) is 9.47 Å². The Morgan fingerprint density at radius 1 is 1.13 bits per heavy atom. The standard InChI is InChI=1S/C19H20O4/c1-18(2)14-7-6-13(21)19(3,23-14)10-8-9-12-5-4-11(20)17(22-12)15(9)16(10)18/h4-7,9,12,14-15,17H,8H2,1-3H3/t9?,12-,14+,15?,17+,19+/m0/s1. The van der Waals surface area contributed by atoms with Crippen molar-refractivity contribution in [2.75, 3.05) is 0 Å². The van der Waals surface area contributed by atoms with Gasteiger partial charge in [0.25, 0.3) is 0 Å². The summed E-state index contributed by atoms with van der Waals surface area (Å²) in [5.41, 5.74) is 1.25. The van der Waals surface area contributed by atoms with Crippen molar-refractivity contribution >= 4 is 11.6 Å². The quantitative estimate of drug-likeness (QED) is 0.643. The molecule has 5 rings (SSSR count). The lowest BCUT2D eigenvalue weighted by molar-refractivity contribution is -0.150. The van der Waals surface area contributed by atoms with Crippen molar-refractivity contribution in [2.24, 2.45) is 17.3 Å². The van der Waals surface area contributed by atoms with E-state index in [0.29, 0.717) is 0 Å². The molecule has 1 aliphatic carbocycles. The van der Waals surface area contributed by atoms with Crippen LogP contribution in [0, 0.1) is 17.3 Å². The number of fused-ring (bicyclic) bond motifs is 9. The van der Waals surface area contributed by atoms with Crippen molar-refractivity contribution in [1.29, 1.82) is 0 Å². The van der Waals surface area contributed by atoms with Gasteiger partial charge in [0.05, 0.1) is 12.2 Å². The molecule has 0 amide bonds. The van der Waals surface area contributed by atoms with E-state index in [1.807, 2.05) is 19.1 Å². The van der Waals surface area contributed by atoms with E-state index in [2.05, 4.69) is 13.8 Å². The molecular formula is C19H20O4. The summed E-state index contributed by atoms with van der Waals surface area (Å²) >= 11 is 0. The van der Waals surface area contributed by atoms with Crippen molar-refractivity contribution in [1.82, 2.24) is 0 Å². The molecule has 4 heterocycles. The largest absolute Gasteiger partial charge is 0.362 e. The average molecular weight is 312 g/mol. The third-order valence-corrected chi connectivity index (χ3v) is 6.58. The van der Waals surface area contributed by atoms with Gasteiger partial charge in [-0.15, -0.1) is 0 Å². The highest BCUT2D eigenvalue weighted by Crippen LogP contribution is 2.62. The van der Waals surface area contributed by atoms with E-state index in [9.17, 15) is 9.59 Å². The number of hydrogen-bond donors (Lipinski definition) is 0. The molecule has 0 radical (unpaired) electrons. The number of hydrogen-bond acceptors (Lipinski definition) is 4. The zero-order chi connectivity index (χ0) is 16.1. The van der Waals surface area contributed by atoms with Crippen LogP contribution in [0.1, 0.15) is 27.2 Å². The highest BCUT2D eigenvalue weighted by atomic mass is 16.5. The summed E-state index contributed by atoms with van der Waals surface area (Å²) in [6.45, 7) is 6.22. The van der Waals surface area contributed by atoms with Crippen LogP contribution < -0.4 is 0 Å². The van der Waals surface area contributed by atoms with Crippen LogP contribution in [0.2, 0.25) is 0 Å². The van der Waals surface area contributed by atoms with Gasteiger partial charge < -0.3 is 9.47 Å². The zero-order valence-corrected chi connectivity index (χ0v) is 13.5. The van der Waals surface area contributed by atoms with Crippen LogP contribution in [-0.2, 0) is 19.1 Å². The number of ether oxygens (including phenoxy) is 2. The first-order valence-electron chi connectivity index (χ1n) is 8.36. The van der Waals surface area contributed by atoms with Crippen LogP contribution >= 0.6 is 0 Å². The summed E-state index contributed by atoms with van der Waals surface area (Å²) in [4.78, 5) is 24.9. The zero-order valence-electron chi connectivity index (χ0n) is 13.5. The van der Waals surface area contributed by atoms with Gasteiger partial charge >= 0.3 is 0 Å². The number of carbonyl (C=O) groups is 2. The Hall–Kier alpha value is -1.52. The Kier molecular flexibility index (Phi) is 2.37. The second-order valence-electron chi connectivity index (χ2n) is 8.09. The third-order valence-electron chi connectivity index (χ3n) is 6.58. The minimum absolute atomic E-state index is 0.0179. The summed E-state index contributed by atoms with van der Waals surface area (Å²) in [5, 5.41) is 0. The van der Waals surface area contributed by atoms with E-state index in [1.54, 1.807) is 12.2 Å². The van der Waals surface area contributed by atoms with Crippen molar-refractivity contribution in [3.63, 3.8) is 0 Å². The van der Waals surface area contributed by atoms with Crippen molar-refractivity contribution < 1.29 is 19.1 Å². The van der Waals surface area contributed by atoms with Gasteiger partial charge in [-0.1, -0.05) is 31.6 Å². The molecule has 0 aromatic heterocycles. The molecule has 120 valence electrons. The molecule has 1 saturated heterocycles. The second kappa shape index (κ2) is 3.93. The van der Waals surface area contributed by atoms with Crippen LogP contribution in [0.25, 0.3) is 0 Å². The summed E-state index contributed by atoms with van der Waals surface area (Å²) in [5.74, 6) is 0.406. The van der Waals surface area contributed by atoms with E-state index < -0.39 is 5.60 Å². The molecular weight excluding hydrogens is 292 g/mol. The molecule has 0 saturated carbocycles. The predicted octanol–water partition coefficient (Wildman–Crippen LogP) is 2.15. The van der Waals surface area contributed by atoms with Crippen molar-refractivity contribution in [2.45, 2.75) is 51.1 Å². The number of carbonyl (C=O) groups excluding carboxylic acids is 2. The summed E-state index contributed by atoms with van der Waals surface area (Å²) in [6, 6.07) is 0. The van der Waals surface area contributed by atoms with Gasteiger partial charge in [0, 0.05) is 17.3 Å². The molecule has 4 bridgehead atoms. The smallest absolute Gasteiger partial charge is 0.191 e. The van der Waals surface area contributed by atoms with Crippen molar-refractivity contribution in [3.8, 4) is 0 Å². The molecule has 0 aromatic rings. The minimum atomic E-state index is -0.865. The van der Waals surface area contributed by atoms with Crippen molar-refractivity contribution in [3.05, 3.63) is 35.5 Å². The number of rotatable bonds is 0. The first kappa shape index (κ1) is 13.9. The fourth-order valence-corrected chi connectivity index (χ4v) is 5.37. The van der Waals surface area contributed by atoms with E-state index in [0.717, 1.165) is 12.0 Å². The maximum Gasteiger partial charge on any atom is 0.191 e. The van der Waals surface area contributed by atoms with Crippen LogP contribution in [0.15, 0.2) is 35.5 Å². The lowest BCUT2D eigenvalue weighted by Gasteiger charge is -2.50. The minimum Gasteiger partial charge on any atom is -0.362 e. The van der Waals surface area contributed by atoms with E-state index >= 15 is 0 Å². The summed E-state index contributed by atoms with van der Waals surface area (Å²) < 4.78 is 12.2. The van der Waals surface area contributed by atoms with Gasteiger partial charge in [-0.2, -0.15) is 0 Å². The summed E-state index contributed by atoms with van der Waals surface area (Å²) in [6.07, 6.45) is 7.37. The molecule has 0 aromatic carbocycles. The third kappa shape index (κ3) is 1.45. The molecule has 2 unspecified atom stereocenters. The maximum absolute atomic E-state index is 12.6. The van der Waals surface area contributed by atoms with E-state index in [-0.39, 0.29) is 47.1 Å². The first-order chi connectivity index (χ1) is 10.8.